The van der Waals surface area contributed by atoms with Crippen LogP contribution in [-0.4, -0.2) is 71.2 Å². The zero-order valence-corrected chi connectivity index (χ0v) is 11.8. The van der Waals surface area contributed by atoms with Gasteiger partial charge in [-0.3, -0.25) is 0 Å². The minimum atomic E-state index is 0. The van der Waals surface area contributed by atoms with Gasteiger partial charge in [-0.05, 0) is 25.7 Å². The van der Waals surface area contributed by atoms with Crippen LogP contribution in [0.4, 0.5) is 0 Å². The van der Waals surface area contributed by atoms with Gasteiger partial charge in [-0.15, -0.1) is 0 Å². The summed E-state index contributed by atoms with van der Waals surface area (Å²) in [6.45, 7) is 14.8. The molecule has 0 heterocycles. The van der Waals surface area contributed by atoms with E-state index >= 15 is 0 Å². The van der Waals surface area contributed by atoms with Crippen LogP contribution in [0.1, 0.15) is 54.8 Å². The van der Waals surface area contributed by atoms with E-state index in [0.29, 0.717) is 0 Å². The van der Waals surface area contributed by atoms with Crippen molar-refractivity contribution in [3.8, 4) is 0 Å². The van der Waals surface area contributed by atoms with Crippen molar-refractivity contribution in [2.75, 3.05) is 26.2 Å². The normalized spacial score (nSPS) is 9.18. The molecule has 0 saturated carbocycles. The van der Waals surface area contributed by atoms with Crippen molar-refractivity contribution in [2.24, 2.45) is 0 Å². The predicted octanol–water partition coefficient (Wildman–Crippen LogP) is 1.42. The number of quaternary nitrogens is 1. The van der Waals surface area contributed by atoms with Gasteiger partial charge >= 0.3 is 31.0 Å². The molecule has 0 unspecified atom stereocenters. The van der Waals surface area contributed by atoms with Crippen LogP contribution in [0.5, 0.6) is 0 Å². The van der Waals surface area contributed by atoms with Crippen LogP contribution in [0.25, 0.3) is 0 Å². The first kappa shape index (κ1) is 30.7. The number of hydrogen-bond acceptors (Lipinski definition) is 1. The van der Waals surface area contributed by atoms with Gasteiger partial charge in [-0.2, -0.15) is 0 Å². The molecule has 0 atom stereocenters. The zero-order valence-electron chi connectivity index (χ0n) is 12.8. The summed E-state index contributed by atoms with van der Waals surface area (Å²) in [4.78, 5) is 0. The average molecular weight is 264 g/mol. The summed E-state index contributed by atoms with van der Waals surface area (Å²) in [5.41, 5.74) is 0. The number of nitrogens with zero attached hydrogens (tertiary/aromatic N) is 1. The maximum atomic E-state index is 2.31. The molecule has 7 N–H and O–H groups in total. The molecule has 0 aliphatic carbocycles. The van der Waals surface area contributed by atoms with Crippen LogP contribution in [0, 0.1) is 0 Å². The van der Waals surface area contributed by atoms with Crippen molar-refractivity contribution < 1.29 is 16.9 Å². The quantitative estimate of drug-likeness (QED) is 0.520. The van der Waals surface area contributed by atoms with Crippen LogP contribution in [0.3, 0.4) is 0 Å². The molecule has 0 bridgehead atoms. The van der Waals surface area contributed by atoms with E-state index in [-0.39, 0.29) is 48.1 Å². The Morgan fingerprint density at radius 2 is 0.824 bits per heavy atom. The molecule has 0 aromatic carbocycles. The van der Waals surface area contributed by atoms with E-state index in [2.05, 4.69) is 27.7 Å². The standard InChI is InChI=1S/C12H28N.H3N.Na.2H2O.H/c1-5-9-13(10-6-2,11-7-3)12-8-4;;;;;/h5-12H2,1-4H3;1H3;;2*1H2;/q+1;;;;;/p+1. The second kappa shape index (κ2) is 19.2. The fourth-order valence-corrected chi connectivity index (χ4v) is 2.57. The van der Waals surface area contributed by atoms with E-state index in [1.807, 2.05) is 0 Å². The molecule has 0 saturated heterocycles. The van der Waals surface area contributed by atoms with Crippen molar-refractivity contribution in [1.29, 1.82) is 0 Å². The Labute approximate surface area is 132 Å². The number of rotatable bonds is 8. The fraction of sp³-hybridized carbons (Fsp3) is 1.00. The molecular formula is C12H37N2NaO2+2. The fourth-order valence-electron chi connectivity index (χ4n) is 2.57. The average Bonchev–Trinajstić information content (AvgIpc) is 2.06. The van der Waals surface area contributed by atoms with Crippen molar-refractivity contribution in [3.05, 3.63) is 0 Å². The first-order chi connectivity index (χ1) is 6.24. The summed E-state index contributed by atoms with van der Waals surface area (Å²) in [5.74, 6) is 0. The molecule has 106 valence electrons. The second-order valence-electron chi connectivity index (χ2n) is 4.24. The molecule has 0 spiro atoms. The van der Waals surface area contributed by atoms with Crippen LogP contribution >= 0.6 is 0 Å². The summed E-state index contributed by atoms with van der Waals surface area (Å²) >= 11 is 0. The van der Waals surface area contributed by atoms with Crippen LogP contribution in [-0.2, 0) is 0 Å². The summed E-state index contributed by atoms with van der Waals surface area (Å²) in [5, 5.41) is 0. The Kier molecular flexibility index (Phi) is 34.6. The van der Waals surface area contributed by atoms with Crippen molar-refractivity contribution in [2.45, 2.75) is 53.4 Å². The van der Waals surface area contributed by atoms with E-state index in [0.717, 1.165) is 0 Å². The molecule has 0 aliphatic heterocycles. The van der Waals surface area contributed by atoms with Gasteiger partial charge in [0.25, 0.3) is 0 Å². The Morgan fingerprint density at radius 3 is 0.941 bits per heavy atom. The van der Waals surface area contributed by atoms with Gasteiger partial charge in [0.1, 0.15) is 0 Å². The van der Waals surface area contributed by atoms with E-state index in [1.54, 1.807) is 0 Å². The Morgan fingerprint density at radius 1 is 0.647 bits per heavy atom. The molecule has 0 aliphatic rings. The van der Waals surface area contributed by atoms with Crippen molar-refractivity contribution >= 4 is 29.6 Å². The molecule has 0 aromatic rings. The van der Waals surface area contributed by atoms with Crippen LogP contribution in [0.15, 0.2) is 0 Å². The third kappa shape index (κ3) is 13.1. The van der Waals surface area contributed by atoms with Crippen LogP contribution in [0.2, 0.25) is 0 Å². The van der Waals surface area contributed by atoms with Crippen molar-refractivity contribution in [1.82, 2.24) is 6.15 Å². The van der Waals surface area contributed by atoms with Crippen molar-refractivity contribution in [3.63, 3.8) is 0 Å². The Hall–Kier alpha value is 0.840. The molecular weight excluding hydrogens is 227 g/mol. The Bertz CT molecular complexity index is 103. The first-order valence-corrected chi connectivity index (χ1v) is 6.09. The third-order valence-electron chi connectivity index (χ3n) is 2.79. The SMILES string of the molecule is CCC[N+](CCC)(CCC)CCC.N.O.O.[H+].[NaH]. The zero-order chi connectivity index (χ0) is 10.2. The second-order valence-corrected chi connectivity index (χ2v) is 4.24. The number of hydrogen-bond donors (Lipinski definition) is 1. The molecule has 4 nitrogen and oxygen atoms in total. The summed E-state index contributed by atoms with van der Waals surface area (Å²) in [6.07, 6.45) is 5.33. The third-order valence-corrected chi connectivity index (χ3v) is 2.79. The summed E-state index contributed by atoms with van der Waals surface area (Å²) in [7, 11) is 0. The predicted molar refractivity (Wildman–Crippen MR) is 81.4 cm³/mol. The molecule has 0 aromatic heterocycles. The minimum absolute atomic E-state index is 0. The van der Waals surface area contributed by atoms with E-state index in [1.165, 1.54) is 56.3 Å². The van der Waals surface area contributed by atoms with Gasteiger partial charge < -0.3 is 21.6 Å². The molecule has 0 amide bonds. The maximum absolute atomic E-state index is 2.31. The van der Waals surface area contributed by atoms with Gasteiger partial charge in [0.2, 0.25) is 0 Å². The topological polar surface area (TPSA) is 98.0 Å². The van der Waals surface area contributed by atoms with Gasteiger partial charge in [0.15, 0.2) is 0 Å². The van der Waals surface area contributed by atoms with Crippen LogP contribution < -0.4 is 6.15 Å². The van der Waals surface area contributed by atoms with Gasteiger partial charge in [-0.1, -0.05) is 27.7 Å². The van der Waals surface area contributed by atoms with Gasteiger partial charge in [-0.25, -0.2) is 0 Å². The van der Waals surface area contributed by atoms with E-state index in [4.69, 9.17) is 0 Å². The molecule has 0 rings (SSSR count). The summed E-state index contributed by atoms with van der Waals surface area (Å²) in [6, 6.07) is 0. The molecule has 0 radical (unpaired) electrons. The molecule has 17 heavy (non-hydrogen) atoms. The van der Waals surface area contributed by atoms with Gasteiger partial charge in [0.05, 0.1) is 26.2 Å². The van der Waals surface area contributed by atoms with E-state index in [9.17, 15) is 0 Å². The molecule has 5 heteroatoms. The first-order valence-electron chi connectivity index (χ1n) is 6.09. The van der Waals surface area contributed by atoms with Gasteiger partial charge in [0, 0.05) is 0 Å². The van der Waals surface area contributed by atoms with E-state index < -0.39 is 0 Å². The Balaban J connectivity index is -0.0000000720. The monoisotopic (exact) mass is 264 g/mol. The molecule has 0 fully saturated rings. The summed E-state index contributed by atoms with van der Waals surface area (Å²) < 4.78 is 1.38.